The van der Waals surface area contributed by atoms with Crippen LogP contribution in [0.25, 0.3) is 0 Å². The molecule has 1 aliphatic carbocycles. The third-order valence-corrected chi connectivity index (χ3v) is 11.9. The third-order valence-electron chi connectivity index (χ3n) is 11.0. The first kappa shape index (κ1) is 57.8. The van der Waals surface area contributed by atoms with Crippen molar-refractivity contribution in [1.29, 1.82) is 0 Å². The van der Waals surface area contributed by atoms with Crippen LogP contribution < -0.4 is 0 Å². The van der Waals surface area contributed by atoms with Gasteiger partial charge in [0.1, 0.15) is 31.0 Å². The van der Waals surface area contributed by atoms with Gasteiger partial charge in [-0.1, -0.05) is 125 Å². The Morgan fingerprint density at radius 3 is 2.08 bits per heavy atom. The zero-order chi connectivity index (χ0) is 47.9. The van der Waals surface area contributed by atoms with Gasteiger partial charge in [-0.25, -0.2) is 4.57 Å². The lowest BCUT2D eigenvalue weighted by Crippen LogP contribution is -2.55. The van der Waals surface area contributed by atoms with Crippen molar-refractivity contribution in [3.63, 3.8) is 0 Å². The number of hydrogen-bond donors (Lipinski definition) is 7. The minimum atomic E-state index is -5.44. The van der Waals surface area contributed by atoms with Gasteiger partial charge in [0, 0.05) is 18.8 Å². The summed E-state index contributed by atoms with van der Waals surface area (Å²) in [6.07, 6.45) is 21.0. The monoisotopic (exact) mass is 937 g/mol. The number of rotatable bonds is 21. The van der Waals surface area contributed by atoms with Crippen molar-refractivity contribution in [2.75, 3.05) is 13.2 Å². The van der Waals surface area contributed by atoms with Gasteiger partial charge in [-0.3, -0.25) is 23.4 Å². The molecule has 2 rings (SSSR count). The van der Waals surface area contributed by atoms with Crippen molar-refractivity contribution < 1.29 is 73.0 Å². The Morgan fingerprint density at radius 2 is 1.42 bits per heavy atom. The van der Waals surface area contributed by atoms with E-state index in [1.54, 1.807) is 12.2 Å². The lowest BCUT2D eigenvalue weighted by atomic mass is 9.87. The molecule has 16 heteroatoms. The highest BCUT2D eigenvalue weighted by atomic mass is 31.2. The van der Waals surface area contributed by atoms with Gasteiger partial charge in [0.2, 0.25) is 0 Å². The van der Waals surface area contributed by atoms with Crippen molar-refractivity contribution >= 4 is 25.5 Å². The number of unbranched alkanes of at least 4 members (excludes halogenated alkanes) is 6. The first-order valence-electron chi connectivity index (χ1n) is 23.4. The molecular weight excluding hydrogens is 859 g/mol. The van der Waals surface area contributed by atoms with E-state index < -0.39 is 99.4 Å². The van der Waals surface area contributed by atoms with E-state index >= 15 is 0 Å². The summed E-state index contributed by atoms with van der Waals surface area (Å²) < 4.78 is 34.6. The number of aliphatic hydroxyl groups is 6. The average Bonchev–Trinajstić information content (AvgIpc) is 3.28. The van der Waals surface area contributed by atoms with Crippen LogP contribution in [0.2, 0.25) is 0 Å². The SMILES string of the molecule is CCCCC/C=C\C/C=C\C/C=C\C/C=C\CCCC(=O)O[C@@H]1COC(=O)CCC/C=C\C[C@H]2/C=C\C(=O)[C@H](/C=C/[C@@H](O)CCCCC)[C@@H](O)[C@@H](O)[C@@H](OP(=O)(O)OC1)[C@H](O)[C@@H](O)[C@@H]2O. The molecule has 0 aromatic rings. The van der Waals surface area contributed by atoms with E-state index in [-0.39, 0.29) is 19.3 Å². The van der Waals surface area contributed by atoms with E-state index in [0.717, 1.165) is 44.6 Å². The smallest absolute Gasteiger partial charge is 0.462 e. The Labute approximate surface area is 385 Å². The first-order valence-corrected chi connectivity index (χ1v) is 24.9. The number of phosphoric acid groups is 1. The number of ether oxygens (including phenoxy) is 2. The highest BCUT2D eigenvalue weighted by Gasteiger charge is 2.47. The van der Waals surface area contributed by atoms with Gasteiger partial charge in [-0.2, -0.15) is 0 Å². The highest BCUT2D eigenvalue weighted by Crippen LogP contribution is 2.47. The Morgan fingerprint density at radius 1 is 0.800 bits per heavy atom. The van der Waals surface area contributed by atoms with Crippen LogP contribution in [0.3, 0.4) is 0 Å². The molecule has 1 heterocycles. The molecule has 0 saturated heterocycles. The molecule has 2 aliphatic rings. The van der Waals surface area contributed by atoms with Crippen molar-refractivity contribution in [1.82, 2.24) is 0 Å². The number of phosphoric ester groups is 1. The molecule has 1 aliphatic heterocycles. The number of cyclic esters (lactones) is 1. The average molecular weight is 937 g/mol. The van der Waals surface area contributed by atoms with Gasteiger partial charge in [-0.05, 0) is 76.7 Å². The summed E-state index contributed by atoms with van der Waals surface area (Å²) in [4.78, 5) is 49.9. The number of fused-ring (bicyclic) bond motifs is 4. The summed E-state index contributed by atoms with van der Waals surface area (Å²) in [7, 11) is -5.44. The summed E-state index contributed by atoms with van der Waals surface area (Å²) in [6.45, 7) is 2.77. The van der Waals surface area contributed by atoms with Gasteiger partial charge in [0.25, 0.3) is 0 Å². The fourth-order valence-corrected chi connectivity index (χ4v) is 7.98. The molecule has 0 amide bonds. The second-order valence-corrected chi connectivity index (χ2v) is 18.0. The zero-order valence-corrected chi connectivity index (χ0v) is 39.2. The van der Waals surface area contributed by atoms with E-state index in [1.807, 2.05) is 19.1 Å². The molecule has 2 bridgehead atoms. The lowest BCUT2D eigenvalue weighted by Gasteiger charge is -2.36. The zero-order valence-electron chi connectivity index (χ0n) is 38.3. The molecule has 1 unspecified atom stereocenters. The molecule has 0 aromatic carbocycles. The molecule has 15 nitrogen and oxygen atoms in total. The number of hydrogen-bond acceptors (Lipinski definition) is 14. The van der Waals surface area contributed by atoms with Crippen molar-refractivity contribution in [3.8, 4) is 0 Å². The minimum Gasteiger partial charge on any atom is -0.462 e. The van der Waals surface area contributed by atoms with E-state index in [2.05, 4.69) is 43.4 Å². The fraction of sp³-hybridized carbons (Fsp3) is 0.653. The van der Waals surface area contributed by atoms with Crippen LogP contribution in [0.15, 0.2) is 85.1 Å². The molecule has 0 fully saturated rings. The largest absolute Gasteiger partial charge is 0.472 e. The van der Waals surface area contributed by atoms with E-state index in [4.69, 9.17) is 18.5 Å². The third kappa shape index (κ3) is 24.8. The lowest BCUT2D eigenvalue weighted by molar-refractivity contribution is -0.164. The minimum absolute atomic E-state index is 0.0185. The Bertz CT molecular complexity index is 1620. The molecule has 0 spiro atoms. The van der Waals surface area contributed by atoms with Gasteiger partial charge >= 0.3 is 19.8 Å². The molecule has 65 heavy (non-hydrogen) atoms. The first-order chi connectivity index (χ1) is 31.2. The van der Waals surface area contributed by atoms with Gasteiger partial charge in [-0.15, -0.1) is 0 Å². The maximum Gasteiger partial charge on any atom is 0.472 e. The van der Waals surface area contributed by atoms with E-state index in [0.29, 0.717) is 38.5 Å². The number of aliphatic hydroxyl groups excluding tert-OH is 6. The van der Waals surface area contributed by atoms with Crippen molar-refractivity contribution in [2.24, 2.45) is 11.8 Å². The maximum absolute atomic E-state index is 13.6. The molecular formula is C49H77O15P. The predicted molar refractivity (Wildman–Crippen MR) is 248 cm³/mol. The summed E-state index contributed by atoms with van der Waals surface area (Å²) in [5.74, 6) is -4.75. The van der Waals surface area contributed by atoms with Gasteiger partial charge in [0.05, 0.1) is 30.8 Å². The number of esters is 2. The van der Waals surface area contributed by atoms with Crippen LogP contribution in [0.1, 0.15) is 129 Å². The van der Waals surface area contributed by atoms with E-state index in [1.165, 1.54) is 37.5 Å². The summed E-state index contributed by atoms with van der Waals surface area (Å²) in [5, 5.41) is 67.0. The second-order valence-electron chi connectivity index (χ2n) is 16.6. The van der Waals surface area contributed by atoms with Crippen LogP contribution in [0.4, 0.5) is 0 Å². The number of carbonyl (C=O) groups is 3. The van der Waals surface area contributed by atoms with Crippen LogP contribution in [0.5, 0.6) is 0 Å². The van der Waals surface area contributed by atoms with Crippen molar-refractivity contribution in [2.45, 2.75) is 178 Å². The molecule has 7 N–H and O–H groups in total. The summed E-state index contributed by atoms with van der Waals surface area (Å²) in [5.41, 5.74) is 0. The van der Waals surface area contributed by atoms with Gasteiger partial charge in [0.15, 0.2) is 11.9 Å². The summed E-state index contributed by atoms with van der Waals surface area (Å²) in [6, 6.07) is 0. The molecule has 368 valence electrons. The fourth-order valence-electron chi connectivity index (χ4n) is 7.01. The Hall–Kier alpha value is -3.34. The predicted octanol–water partition coefficient (Wildman–Crippen LogP) is 6.89. The van der Waals surface area contributed by atoms with Crippen LogP contribution >= 0.6 is 7.82 Å². The number of carbonyl (C=O) groups excluding carboxylic acids is 3. The number of ketones is 1. The van der Waals surface area contributed by atoms with Crippen LogP contribution in [-0.4, -0.2) is 115 Å². The Balaban J connectivity index is 2.18. The van der Waals surface area contributed by atoms with Crippen LogP contribution in [0, 0.1) is 11.8 Å². The highest BCUT2D eigenvalue weighted by molar-refractivity contribution is 7.47. The van der Waals surface area contributed by atoms with Gasteiger partial charge < -0.3 is 45.0 Å². The van der Waals surface area contributed by atoms with Crippen LogP contribution in [-0.2, 0) is 37.5 Å². The Kier molecular flexibility index (Phi) is 30.2. The topological polar surface area (TPSA) is 247 Å². The normalized spacial score (nSPS) is 31.0. The summed E-state index contributed by atoms with van der Waals surface area (Å²) >= 11 is 0. The molecule has 0 radical (unpaired) electrons. The molecule has 11 atom stereocenters. The van der Waals surface area contributed by atoms with E-state index in [9.17, 15) is 54.5 Å². The molecule has 0 aromatic heterocycles. The number of allylic oxidation sites excluding steroid dienone is 11. The second kappa shape index (κ2) is 34.0. The maximum atomic E-state index is 13.6. The van der Waals surface area contributed by atoms with Crippen molar-refractivity contribution in [3.05, 3.63) is 85.1 Å². The molecule has 0 saturated carbocycles. The quantitative estimate of drug-likeness (QED) is 0.0268. The standard InChI is InChI=1S/C49H77O15P/c1-3-5-7-8-9-10-11-12-13-14-15-16-17-18-19-20-26-30-43(53)63-39-35-61-42(52)29-25-22-21-24-27-37-31-34-41(51)40(33-32-38(50)28-23-6-4-2)45(55)47(57)49(48(58)46(56)44(37)54)64-65(59,60)62-36-39/h9-10,12-13,15-16,18-19,21,24,31-34,37-40,44-50,54-58H,3-8,11,14,17,20,22-23,25-30,35-36H2,1-2H3,(H,59,60)/b10-9-,13-12-,16-15-,19-18-,24-21-,33-32+,34-31-/t37-,38-,39+,40-,44+,45+,46-,47+,48+,49+/m0/s1.